The van der Waals surface area contributed by atoms with Crippen molar-refractivity contribution in [1.29, 1.82) is 0 Å². The second-order valence-corrected chi connectivity index (χ2v) is 2.43. The van der Waals surface area contributed by atoms with Crippen molar-refractivity contribution < 1.29 is 4.79 Å². The van der Waals surface area contributed by atoms with E-state index < -0.39 is 6.03 Å². The van der Waals surface area contributed by atoms with Crippen LogP contribution in [0.15, 0.2) is 8.31 Å². The second-order valence-electron chi connectivity index (χ2n) is 1.87. The van der Waals surface area contributed by atoms with E-state index in [-0.39, 0.29) is 0 Å². The standard InChI is InChI=1S/C4H6IN5O/c5-7-1-3-2-10(6)4(11)9-8-3/h1H,2,6H2,(H,9,11). The Balaban J connectivity index is 2.66. The summed E-state index contributed by atoms with van der Waals surface area (Å²) in [6, 6.07) is -0.407. The lowest BCUT2D eigenvalue weighted by Crippen LogP contribution is -2.50. The third-order valence-corrected chi connectivity index (χ3v) is 1.36. The van der Waals surface area contributed by atoms with Crippen molar-refractivity contribution in [2.45, 2.75) is 0 Å². The van der Waals surface area contributed by atoms with Crippen molar-refractivity contribution in [1.82, 2.24) is 10.4 Å². The average Bonchev–Trinajstić information content (AvgIpc) is 1.98. The Morgan fingerprint density at radius 1 is 1.91 bits per heavy atom. The van der Waals surface area contributed by atoms with Crippen molar-refractivity contribution in [3.63, 3.8) is 0 Å². The lowest BCUT2D eigenvalue weighted by molar-refractivity contribution is 0.203. The largest absolute Gasteiger partial charge is 0.352 e. The van der Waals surface area contributed by atoms with Crippen molar-refractivity contribution in [2.24, 2.45) is 14.1 Å². The van der Waals surface area contributed by atoms with Gasteiger partial charge in [-0.1, -0.05) is 0 Å². The molecule has 0 saturated carbocycles. The molecule has 0 aromatic rings. The van der Waals surface area contributed by atoms with Crippen LogP contribution in [0.5, 0.6) is 0 Å². The van der Waals surface area contributed by atoms with Gasteiger partial charge in [0.15, 0.2) is 0 Å². The highest BCUT2D eigenvalue weighted by molar-refractivity contribution is 14.1. The molecule has 0 atom stereocenters. The van der Waals surface area contributed by atoms with E-state index in [1.165, 1.54) is 6.21 Å². The fraction of sp³-hybridized carbons (Fsp3) is 0.250. The number of hydrazine groups is 1. The topological polar surface area (TPSA) is 83.1 Å². The Kier molecular flexibility index (Phi) is 2.76. The van der Waals surface area contributed by atoms with Crippen LogP contribution in [-0.2, 0) is 0 Å². The minimum absolute atomic E-state index is 0.290. The first-order chi connectivity index (χ1) is 5.24. The first-order valence-corrected chi connectivity index (χ1v) is 3.73. The van der Waals surface area contributed by atoms with Crippen molar-refractivity contribution in [3.8, 4) is 0 Å². The molecule has 1 aliphatic rings. The van der Waals surface area contributed by atoms with Crippen LogP contribution in [0.4, 0.5) is 4.79 Å². The van der Waals surface area contributed by atoms with Gasteiger partial charge < -0.3 is 0 Å². The fourth-order valence-electron chi connectivity index (χ4n) is 0.592. The molecule has 7 heteroatoms. The molecular weight excluding hydrogens is 261 g/mol. The van der Waals surface area contributed by atoms with Crippen molar-refractivity contribution in [3.05, 3.63) is 0 Å². The van der Waals surface area contributed by atoms with E-state index >= 15 is 0 Å². The summed E-state index contributed by atoms with van der Waals surface area (Å²) in [6.45, 7) is 0.290. The van der Waals surface area contributed by atoms with Crippen molar-refractivity contribution >= 4 is 40.8 Å². The Labute approximate surface area is 77.0 Å². The van der Waals surface area contributed by atoms with Gasteiger partial charge in [-0.15, -0.1) is 0 Å². The number of halogens is 1. The van der Waals surface area contributed by atoms with Gasteiger partial charge in [0.2, 0.25) is 0 Å². The predicted molar refractivity (Wildman–Crippen MR) is 49.4 cm³/mol. The van der Waals surface area contributed by atoms with Crippen LogP contribution in [0.3, 0.4) is 0 Å². The number of hydrogen-bond acceptors (Lipinski definition) is 4. The van der Waals surface area contributed by atoms with Crippen LogP contribution in [0.1, 0.15) is 0 Å². The maximum absolute atomic E-state index is 10.7. The maximum atomic E-state index is 10.7. The number of hydrazone groups is 1. The summed E-state index contributed by atoms with van der Waals surface area (Å²) in [5.41, 5.74) is 2.85. The molecule has 0 bridgehead atoms. The molecule has 1 heterocycles. The van der Waals surface area contributed by atoms with E-state index in [0.29, 0.717) is 12.3 Å². The second kappa shape index (κ2) is 3.62. The van der Waals surface area contributed by atoms with Crippen molar-refractivity contribution in [2.75, 3.05) is 6.54 Å². The SMILES string of the molecule is NN1CC(C=NI)=NNC1=O. The van der Waals surface area contributed by atoms with Crippen LogP contribution < -0.4 is 11.3 Å². The molecule has 0 fully saturated rings. The molecule has 2 amide bonds. The summed E-state index contributed by atoms with van der Waals surface area (Å²) in [5, 5.41) is 4.72. The highest BCUT2D eigenvalue weighted by Gasteiger charge is 2.15. The van der Waals surface area contributed by atoms with Gasteiger partial charge >= 0.3 is 6.03 Å². The van der Waals surface area contributed by atoms with Gasteiger partial charge in [-0.05, 0) is 0 Å². The lowest BCUT2D eigenvalue weighted by atomic mass is 10.4. The summed E-state index contributed by atoms with van der Waals surface area (Å²) in [5.74, 6) is 5.28. The number of nitrogens with zero attached hydrogens (tertiary/aromatic N) is 3. The minimum Gasteiger partial charge on any atom is -0.255 e. The number of rotatable bonds is 1. The van der Waals surface area contributed by atoms with Crippen LogP contribution in [0.2, 0.25) is 0 Å². The van der Waals surface area contributed by atoms with Crippen LogP contribution in [-0.4, -0.2) is 29.5 Å². The Bertz CT molecular complexity index is 225. The number of nitrogens with two attached hydrogens (primary N) is 1. The number of urea groups is 1. The highest BCUT2D eigenvalue weighted by Crippen LogP contribution is 1.90. The van der Waals surface area contributed by atoms with E-state index in [9.17, 15) is 4.79 Å². The van der Waals surface area contributed by atoms with Gasteiger partial charge in [0.1, 0.15) is 5.71 Å². The molecule has 0 unspecified atom stereocenters. The maximum Gasteiger partial charge on any atom is 0.352 e. The summed E-state index contributed by atoms with van der Waals surface area (Å²) >= 11 is 1.82. The fourth-order valence-corrected chi connectivity index (χ4v) is 0.913. The molecule has 1 rings (SSSR count). The summed E-state index contributed by atoms with van der Waals surface area (Å²) < 4.78 is 3.70. The first kappa shape index (κ1) is 8.40. The lowest BCUT2D eigenvalue weighted by Gasteiger charge is -2.19. The van der Waals surface area contributed by atoms with Gasteiger partial charge in [0, 0.05) is 0 Å². The molecule has 11 heavy (non-hydrogen) atoms. The quantitative estimate of drug-likeness (QED) is 0.295. The number of nitrogens with one attached hydrogen (secondary N) is 1. The monoisotopic (exact) mass is 267 g/mol. The Morgan fingerprint density at radius 2 is 2.64 bits per heavy atom. The Morgan fingerprint density at radius 3 is 3.18 bits per heavy atom. The highest BCUT2D eigenvalue weighted by atomic mass is 127. The van der Waals surface area contributed by atoms with Crippen LogP contribution in [0.25, 0.3) is 0 Å². The molecule has 0 saturated heterocycles. The zero-order valence-corrected chi connectivity index (χ0v) is 7.65. The van der Waals surface area contributed by atoms with Gasteiger partial charge in [-0.25, -0.2) is 19.3 Å². The third kappa shape index (κ3) is 2.12. The molecule has 6 nitrogen and oxygen atoms in total. The molecule has 60 valence electrons. The molecular formula is C4H6IN5O. The minimum atomic E-state index is -0.407. The summed E-state index contributed by atoms with van der Waals surface area (Å²) in [6.07, 6.45) is 1.53. The van der Waals surface area contributed by atoms with E-state index in [1.807, 2.05) is 22.9 Å². The molecule has 3 N–H and O–H groups in total. The number of carbonyl (C=O) groups excluding carboxylic acids is 1. The smallest absolute Gasteiger partial charge is 0.255 e. The molecule has 0 aliphatic carbocycles. The van der Waals surface area contributed by atoms with E-state index in [2.05, 4.69) is 13.7 Å². The van der Waals surface area contributed by atoms with Gasteiger partial charge in [-0.3, -0.25) is 5.01 Å². The molecule has 1 aliphatic heterocycles. The summed E-state index contributed by atoms with van der Waals surface area (Å²) in [4.78, 5) is 10.7. The number of carbonyl (C=O) groups is 1. The Hall–Kier alpha value is -0.700. The molecule has 0 aromatic heterocycles. The summed E-state index contributed by atoms with van der Waals surface area (Å²) in [7, 11) is 0. The third-order valence-electron chi connectivity index (χ3n) is 1.09. The van der Waals surface area contributed by atoms with E-state index in [0.717, 1.165) is 5.01 Å². The first-order valence-electron chi connectivity index (χ1n) is 2.77. The van der Waals surface area contributed by atoms with Gasteiger partial charge in [0.25, 0.3) is 0 Å². The average molecular weight is 267 g/mol. The number of hydrogen-bond donors (Lipinski definition) is 2. The van der Waals surface area contributed by atoms with E-state index in [4.69, 9.17) is 5.84 Å². The van der Waals surface area contributed by atoms with Gasteiger partial charge in [-0.2, -0.15) is 5.10 Å². The predicted octanol–water partition coefficient (Wildman–Crippen LogP) is -0.338. The van der Waals surface area contributed by atoms with E-state index in [1.54, 1.807) is 0 Å². The van der Waals surface area contributed by atoms with Crippen LogP contribution >= 0.6 is 22.9 Å². The normalized spacial score (nSPS) is 18.5. The zero-order valence-electron chi connectivity index (χ0n) is 5.49. The molecule has 0 spiro atoms. The molecule has 0 radical (unpaired) electrons. The molecule has 0 aromatic carbocycles. The van der Waals surface area contributed by atoms with Crippen LogP contribution in [0, 0.1) is 0 Å². The zero-order chi connectivity index (χ0) is 8.27. The number of amides is 2. The van der Waals surface area contributed by atoms with Gasteiger partial charge in [0.05, 0.1) is 35.6 Å².